The van der Waals surface area contributed by atoms with E-state index in [2.05, 4.69) is 5.32 Å². The second-order valence-corrected chi connectivity index (χ2v) is 4.61. The van der Waals surface area contributed by atoms with Crippen LogP contribution in [0.3, 0.4) is 0 Å². The van der Waals surface area contributed by atoms with E-state index < -0.39 is 17.2 Å². The summed E-state index contributed by atoms with van der Waals surface area (Å²) in [6.45, 7) is 3.95. The minimum atomic E-state index is -0.551. The highest BCUT2D eigenvalue weighted by molar-refractivity contribution is 8.04. The molecule has 1 rings (SSSR count). The number of ether oxygens (including phenoxy) is 2. The zero-order valence-electron chi connectivity index (χ0n) is 10.2. The van der Waals surface area contributed by atoms with E-state index in [1.165, 1.54) is 6.08 Å². The highest BCUT2D eigenvalue weighted by Gasteiger charge is 2.31. The molecule has 1 atom stereocenters. The normalized spacial score (nSPS) is 20.7. The van der Waals surface area contributed by atoms with Crippen molar-refractivity contribution >= 4 is 29.6 Å². The van der Waals surface area contributed by atoms with Crippen molar-refractivity contribution in [3.8, 4) is 0 Å². The van der Waals surface area contributed by atoms with Crippen LogP contribution in [0.5, 0.6) is 0 Å². The van der Waals surface area contributed by atoms with Gasteiger partial charge in [0.25, 0.3) is 0 Å². The molecule has 1 aliphatic heterocycles. The van der Waals surface area contributed by atoms with Crippen molar-refractivity contribution in [2.24, 2.45) is 0 Å². The van der Waals surface area contributed by atoms with E-state index >= 15 is 0 Å². The Balaban J connectivity index is 2.53. The van der Waals surface area contributed by atoms with Gasteiger partial charge in [-0.25, -0.2) is 4.79 Å². The number of thioether (sulfide) groups is 1. The fourth-order valence-electron chi connectivity index (χ4n) is 1.30. The summed E-state index contributed by atoms with van der Waals surface area (Å²) in [4.78, 5) is 34.0. The molecule has 100 valence electrons. The lowest BCUT2D eigenvalue weighted by molar-refractivity contribution is -0.144. The quantitative estimate of drug-likeness (QED) is 0.583. The molecule has 0 saturated carbocycles. The molecule has 0 aromatic rings. The van der Waals surface area contributed by atoms with E-state index in [9.17, 15) is 14.4 Å². The van der Waals surface area contributed by atoms with E-state index in [0.29, 0.717) is 5.03 Å². The highest BCUT2D eigenvalue weighted by Crippen LogP contribution is 2.29. The zero-order chi connectivity index (χ0) is 13.5. The molecule has 1 fully saturated rings. The minimum absolute atomic E-state index is 0.00942. The fourth-order valence-corrected chi connectivity index (χ4v) is 2.32. The van der Waals surface area contributed by atoms with E-state index in [0.717, 1.165) is 11.8 Å². The van der Waals surface area contributed by atoms with Crippen molar-refractivity contribution in [3.63, 3.8) is 0 Å². The SMILES string of the molecule is CCOC(=O)/C=C1/NC(=O)C(CC(=O)OCC)S1. The van der Waals surface area contributed by atoms with Crippen molar-refractivity contribution in [2.75, 3.05) is 13.2 Å². The lowest BCUT2D eigenvalue weighted by atomic mass is 10.3. The standard InChI is InChI=1S/C11H15NO5S/c1-3-16-9(13)5-7-11(15)12-8(18-7)6-10(14)17-4-2/h6-7H,3-5H2,1-2H3,(H,12,15)/b8-6-. The van der Waals surface area contributed by atoms with Gasteiger partial charge >= 0.3 is 11.9 Å². The Morgan fingerprint density at radius 3 is 2.61 bits per heavy atom. The van der Waals surface area contributed by atoms with Crippen LogP contribution in [0.25, 0.3) is 0 Å². The first-order valence-electron chi connectivity index (χ1n) is 5.58. The maximum atomic E-state index is 11.5. The van der Waals surface area contributed by atoms with Crippen molar-refractivity contribution < 1.29 is 23.9 Å². The molecule has 0 spiro atoms. The fraction of sp³-hybridized carbons (Fsp3) is 0.545. The first-order valence-corrected chi connectivity index (χ1v) is 6.46. The highest BCUT2D eigenvalue weighted by atomic mass is 32.2. The van der Waals surface area contributed by atoms with Gasteiger partial charge in [0.2, 0.25) is 5.91 Å². The molecule has 18 heavy (non-hydrogen) atoms. The zero-order valence-corrected chi connectivity index (χ0v) is 11.0. The Kier molecular flexibility index (Phi) is 5.70. The second-order valence-electron chi connectivity index (χ2n) is 3.37. The average molecular weight is 273 g/mol. The number of nitrogens with one attached hydrogen (secondary N) is 1. The summed E-state index contributed by atoms with van der Waals surface area (Å²) < 4.78 is 9.49. The van der Waals surface area contributed by atoms with Gasteiger partial charge in [0.15, 0.2) is 0 Å². The van der Waals surface area contributed by atoms with Crippen LogP contribution in [0.4, 0.5) is 0 Å². The molecular formula is C11H15NO5S. The summed E-state index contributed by atoms with van der Waals surface area (Å²) in [5.41, 5.74) is 0. The number of carbonyl (C=O) groups excluding carboxylic acids is 3. The number of carbonyl (C=O) groups is 3. The molecule has 7 heteroatoms. The molecule has 0 radical (unpaired) electrons. The average Bonchev–Trinajstić information content (AvgIpc) is 2.59. The summed E-state index contributed by atoms with van der Waals surface area (Å²) in [6, 6.07) is 0. The molecule has 1 saturated heterocycles. The Labute approximate surface area is 109 Å². The summed E-state index contributed by atoms with van der Waals surface area (Å²) in [6.07, 6.45) is 1.20. The summed E-state index contributed by atoms with van der Waals surface area (Å²) in [7, 11) is 0. The number of rotatable bonds is 5. The van der Waals surface area contributed by atoms with Gasteiger partial charge in [-0.2, -0.15) is 0 Å². The topological polar surface area (TPSA) is 81.7 Å². The number of hydrogen-bond donors (Lipinski definition) is 1. The molecule has 1 amide bonds. The molecule has 1 N–H and O–H groups in total. The molecule has 0 aliphatic carbocycles. The maximum Gasteiger partial charge on any atom is 0.333 e. The monoisotopic (exact) mass is 273 g/mol. The van der Waals surface area contributed by atoms with Gasteiger partial charge in [-0.3, -0.25) is 9.59 Å². The summed E-state index contributed by atoms with van der Waals surface area (Å²) in [5, 5.41) is 2.36. The van der Waals surface area contributed by atoms with Crippen LogP contribution in [0.1, 0.15) is 20.3 Å². The molecule has 1 heterocycles. The molecule has 0 aromatic carbocycles. The van der Waals surface area contributed by atoms with Gasteiger partial charge in [0.05, 0.1) is 30.7 Å². The van der Waals surface area contributed by atoms with Crippen molar-refractivity contribution in [2.45, 2.75) is 25.5 Å². The largest absolute Gasteiger partial charge is 0.466 e. The lowest BCUT2D eigenvalue weighted by Gasteiger charge is -2.04. The van der Waals surface area contributed by atoms with Crippen LogP contribution in [-0.4, -0.2) is 36.3 Å². The van der Waals surface area contributed by atoms with E-state index in [-0.39, 0.29) is 25.5 Å². The molecule has 1 unspecified atom stereocenters. The predicted octanol–water partition coefficient (Wildman–Crippen LogP) is 0.576. The Bertz CT molecular complexity index is 380. The summed E-state index contributed by atoms with van der Waals surface area (Å²) in [5.74, 6) is -1.25. The maximum absolute atomic E-state index is 11.5. The molecule has 0 bridgehead atoms. The van der Waals surface area contributed by atoms with Crippen LogP contribution < -0.4 is 5.32 Å². The van der Waals surface area contributed by atoms with Crippen LogP contribution in [-0.2, 0) is 23.9 Å². The second kappa shape index (κ2) is 7.05. The first-order chi connectivity index (χ1) is 8.56. The van der Waals surface area contributed by atoms with Crippen LogP contribution in [0.15, 0.2) is 11.1 Å². The predicted molar refractivity (Wildman–Crippen MR) is 65.5 cm³/mol. The molecule has 6 nitrogen and oxygen atoms in total. The first kappa shape index (κ1) is 14.6. The summed E-state index contributed by atoms with van der Waals surface area (Å²) >= 11 is 1.13. The van der Waals surface area contributed by atoms with Gasteiger partial charge in [0, 0.05) is 0 Å². The number of esters is 2. The Hall–Kier alpha value is -1.50. The van der Waals surface area contributed by atoms with Crippen molar-refractivity contribution in [1.29, 1.82) is 0 Å². The van der Waals surface area contributed by atoms with Crippen LogP contribution in [0.2, 0.25) is 0 Å². The smallest absolute Gasteiger partial charge is 0.333 e. The molecule has 0 aromatic heterocycles. The van der Waals surface area contributed by atoms with Gasteiger partial charge in [0.1, 0.15) is 5.25 Å². The number of amides is 1. The lowest BCUT2D eigenvalue weighted by Crippen LogP contribution is -2.25. The Morgan fingerprint density at radius 1 is 1.33 bits per heavy atom. The van der Waals surface area contributed by atoms with Crippen molar-refractivity contribution in [3.05, 3.63) is 11.1 Å². The van der Waals surface area contributed by atoms with Gasteiger partial charge in [-0.05, 0) is 13.8 Å². The third-order valence-electron chi connectivity index (χ3n) is 2.00. The van der Waals surface area contributed by atoms with Crippen LogP contribution in [0, 0.1) is 0 Å². The van der Waals surface area contributed by atoms with Gasteiger partial charge in [-0.15, -0.1) is 0 Å². The van der Waals surface area contributed by atoms with Gasteiger partial charge < -0.3 is 14.8 Å². The van der Waals surface area contributed by atoms with Crippen molar-refractivity contribution in [1.82, 2.24) is 5.32 Å². The van der Waals surface area contributed by atoms with Gasteiger partial charge in [-0.1, -0.05) is 11.8 Å². The number of hydrogen-bond acceptors (Lipinski definition) is 6. The minimum Gasteiger partial charge on any atom is -0.466 e. The third-order valence-corrected chi connectivity index (χ3v) is 3.14. The van der Waals surface area contributed by atoms with Crippen LogP contribution >= 0.6 is 11.8 Å². The molecular weight excluding hydrogens is 258 g/mol. The Morgan fingerprint density at radius 2 is 2.00 bits per heavy atom. The third kappa shape index (κ3) is 4.40. The van der Waals surface area contributed by atoms with E-state index in [4.69, 9.17) is 9.47 Å². The molecule has 1 aliphatic rings. The van der Waals surface area contributed by atoms with E-state index in [1.807, 2.05) is 0 Å². The van der Waals surface area contributed by atoms with E-state index in [1.54, 1.807) is 13.8 Å².